The lowest BCUT2D eigenvalue weighted by Gasteiger charge is -2.01. The van der Waals surface area contributed by atoms with E-state index in [-0.39, 0.29) is 11.6 Å². The van der Waals surface area contributed by atoms with Crippen molar-refractivity contribution in [3.63, 3.8) is 0 Å². The zero-order valence-corrected chi connectivity index (χ0v) is 12.5. The Bertz CT molecular complexity index is 581. The number of aromatic nitrogens is 1. The fourth-order valence-corrected chi connectivity index (χ4v) is 1.92. The second-order valence-corrected chi connectivity index (χ2v) is 4.98. The van der Waals surface area contributed by atoms with Crippen LogP contribution in [0.25, 0.3) is 11.3 Å². The molecular formula is C15H17ClN2O3. The van der Waals surface area contributed by atoms with Crippen LogP contribution in [0.1, 0.15) is 23.3 Å². The zero-order valence-electron chi connectivity index (χ0n) is 11.8. The van der Waals surface area contributed by atoms with E-state index in [0.29, 0.717) is 23.9 Å². The summed E-state index contributed by atoms with van der Waals surface area (Å²) in [5, 5.41) is 7.22. The number of rotatable bonds is 7. The number of carbonyl (C=O) groups excluding carboxylic acids is 1. The Labute approximate surface area is 128 Å². The highest BCUT2D eigenvalue weighted by molar-refractivity contribution is 6.30. The summed E-state index contributed by atoms with van der Waals surface area (Å²) in [5.41, 5.74) is 1.10. The molecule has 1 aromatic carbocycles. The number of hydrogen-bond donors (Lipinski definition) is 1. The van der Waals surface area contributed by atoms with Crippen LogP contribution in [0, 0.1) is 0 Å². The molecule has 0 spiro atoms. The maximum absolute atomic E-state index is 11.9. The summed E-state index contributed by atoms with van der Waals surface area (Å²) >= 11 is 5.83. The molecule has 112 valence electrons. The molecule has 2 aromatic rings. The van der Waals surface area contributed by atoms with Gasteiger partial charge in [-0.3, -0.25) is 4.79 Å². The minimum absolute atomic E-state index is 0.239. The van der Waals surface area contributed by atoms with Crippen molar-refractivity contribution in [1.82, 2.24) is 10.5 Å². The van der Waals surface area contributed by atoms with Crippen molar-refractivity contribution in [2.75, 3.05) is 20.3 Å². The van der Waals surface area contributed by atoms with Crippen LogP contribution in [0.5, 0.6) is 0 Å². The summed E-state index contributed by atoms with van der Waals surface area (Å²) in [4.78, 5) is 11.9. The molecule has 6 heteroatoms. The molecule has 0 bridgehead atoms. The van der Waals surface area contributed by atoms with Crippen molar-refractivity contribution in [1.29, 1.82) is 0 Å². The number of methoxy groups -OCH3 is 1. The highest BCUT2D eigenvalue weighted by Gasteiger charge is 2.13. The first-order valence-electron chi connectivity index (χ1n) is 6.70. The van der Waals surface area contributed by atoms with E-state index in [1.165, 1.54) is 0 Å². The molecule has 2 rings (SSSR count). The molecule has 1 aromatic heterocycles. The normalized spacial score (nSPS) is 10.6. The molecule has 0 radical (unpaired) electrons. The van der Waals surface area contributed by atoms with Gasteiger partial charge in [0.05, 0.1) is 0 Å². The van der Waals surface area contributed by atoms with Crippen LogP contribution in [0.15, 0.2) is 34.9 Å². The molecular weight excluding hydrogens is 292 g/mol. The standard InChI is InChI=1S/C15H17ClN2O3/c1-20-9-3-2-8-17-15(19)13-10-14(21-18-13)11-4-6-12(16)7-5-11/h4-7,10H,2-3,8-9H2,1H3,(H,17,19). The number of nitrogens with zero attached hydrogens (tertiary/aromatic N) is 1. The van der Waals surface area contributed by atoms with E-state index < -0.39 is 0 Å². The molecule has 5 nitrogen and oxygen atoms in total. The van der Waals surface area contributed by atoms with Gasteiger partial charge in [-0.05, 0) is 37.1 Å². The first kappa shape index (κ1) is 15.5. The van der Waals surface area contributed by atoms with Crippen molar-refractivity contribution < 1.29 is 14.1 Å². The Morgan fingerprint density at radius 3 is 2.81 bits per heavy atom. The van der Waals surface area contributed by atoms with Gasteiger partial charge < -0.3 is 14.6 Å². The van der Waals surface area contributed by atoms with Crippen LogP contribution in [0.3, 0.4) is 0 Å². The van der Waals surface area contributed by atoms with Gasteiger partial charge in [0.25, 0.3) is 5.91 Å². The van der Waals surface area contributed by atoms with Crippen LogP contribution >= 0.6 is 11.6 Å². The number of amides is 1. The molecule has 0 atom stereocenters. The topological polar surface area (TPSA) is 64.4 Å². The third-order valence-corrected chi connectivity index (χ3v) is 3.18. The van der Waals surface area contributed by atoms with E-state index in [4.69, 9.17) is 20.9 Å². The zero-order chi connectivity index (χ0) is 15.1. The fraction of sp³-hybridized carbons (Fsp3) is 0.333. The molecule has 0 fully saturated rings. The maximum atomic E-state index is 11.9. The Hall–Kier alpha value is -1.85. The maximum Gasteiger partial charge on any atom is 0.273 e. The fourth-order valence-electron chi connectivity index (χ4n) is 1.80. The third-order valence-electron chi connectivity index (χ3n) is 2.93. The summed E-state index contributed by atoms with van der Waals surface area (Å²) in [5.74, 6) is 0.299. The SMILES string of the molecule is COCCCCNC(=O)c1cc(-c2ccc(Cl)cc2)on1. The quantitative estimate of drug-likeness (QED) is 0.798. The van der Waals surface area contributed by atoms with Crippen molar-refractivity contribution >= 4 is 17.5 Å². The third kappa shape index (κ3) is 4.58. The predicted octanol–water partition coefficient (Wildman–Crippen LogP) is 3.15. The summed E-state index contributed by atoms with van der Waals surface area (Å²) in [6, 6.07) is 8.77. The van der Waals surface area contributed by atoms with Gasteiger partial charge in [-0.25, -0.2) is 0 Å². The Balaban J connectivity index is 1.90. The monoisotopic (exact) mass is 308 g/mol. The number of unbranched alkanes of at least 4 members (excludes halogenated alkanes) is 1. The average molecular weight is 309 g/mol. The van der Waals surface area contributed by atoms with Gasteiger partial charge in [-0.15, -0.1) is 0 Å². The van der Waals surface area contributed by atoms with Crippen LogP contribution in [-0.2, 0) is 4.74 Å². The van der Waals surface area contributed by atoms with Gasteiger partial charge >= 0.3 is 0 Å². The van der Waals surface area contributed by atoms with E-state index in [0.717, 1.165) is 18.4 Å². The van der Waals surface area contributed by atoms with Gasteiger partial charge in [0.2, 0.25) is 0 Å². The minimum atomic E-state index is -0.239. The van der Waals surface area contributed by atoms with Crippen LogP contribution in [0.2, 0.25) is 5.02 Å². The number of ether oxygens (including phenoxy) is 1. The van der Waals surface area contributed by atoms with Gasteiger partial charge in [0.1, 0.15) is 0 Å². The van der Waals surface area contributed by atoms with Crippen LogP contribution < -0.4 is 5.32 Å². The highest BCUT2D eigenvalue weighted by Crippen LogP contribution is 2.22. The van der Waals surface area contributed by atoms with Gasteiger partial charge in [-0.1, -0.05) is 16.8 Å². The van der Waals surface area contributed by atoms with Gasteiger partial charge in [0, 0.05) is 36.9 Å². The van der Waals surface area contributed by atoms with Crippen LogP contribution in [0.4, 0.5) is 0 Å². The number of halogens is 1. The van der Waals surface area contributed by atoms with Gasteiger partial charge in [-0.2, -0.15) is 0 Å². The predicted molar refractivity (Wildman–Crippen MR) is 80.4 cm³/mol. The van der Waals surface area contributed by atoms with Crippen LogP contribution in [-0.4, -0.2) is 31.3 Å². The lowest BCUT2D eigenvalue weighted by molar-refractivity contribution is 0.0942. The summed E-state index contributed by atoms with van der Waals surface area (Å²) < 4.78 is 10.1. The van der Waals surface area contributed by atoms with Crippen molar-refractivity contribution in [2.45, 2.75) is 12.8 Å². The van der Waals surface area contributed by atoms with Crippen molar-refractivity contribution in [3.8, 4) is 11.3 Å². The molecule has 0 aliphatic rings. The largest absolute Gasteiger partial charge is 0.385 e. The average Bonchev–Trinajstić information content (AvgIpc) is 2.97. The lowest BCUT2D eigenvalue weighted by Crippen LogP contribution is -2.24. The molecule has 1 heterocycles. The molecule has 0 aliphatic carbocycles. The van der Waals surface area contributed by atoms with Gasteiger partial charge in [0.15, 0.2) is 11.5 Å². The number of benzene rings is 1. The van der Waals surface area contributed by atoms with E-state index >= 15 is 0 Å². The summed E-state index contributed by atoms with van der Waals surface area (Å²) in [7, 11) is 1.66. The van der Waals surface area contributed by atoms with E-state index in [1.807, 2.05) is 12.1 Å². The van der Waals surface area contributed by atoms with E-state index in [2.05, 4.69) is 10.5 Å². The molecule has 0 unspecified atom stereocenters. The molecule has 0 saturated carbocycles. The van der Waals surface area contributed by atoms with Crippen molar-refractivity contribution in [3.05, 3.63) is 41.0 Å². The lowest BCUT2D eigenvalue weighted by atomic mass is 10.1. The minimum Gasteiger partial charge on any atom is -0.385 e. The first-order valence-corrected chi connectivity index (χ1v) is 7.08. The van der Waals surface area contributed by atoms with E-state index in [1.54, 1.807) is 25.3 Å². The molecule has 1 amide bonds. The number of carbonyl (C=O) groups is 1. The second-order valence-electron chi connectivity index (χ2n) is 4.54. The Morgan fingerprint density at radius 1 is 1.33 bits per heavy atom. The summed E-state index contributed by atoms with van der Waals surface area (Å²) in [6.45, 7) is 1.28. The Morgan fingerprint density at radius 2 is 2.10 bits per heavy atom. The first-order chi connectivity index (χ1) is 10.2. The molecule has 1 N–H and O–H groups in total. The number of hydrogen-bond acceptors (Lipinski definition) is 4. The number of nitrogens with one attached hydrogen (secondary N) is 1. The smallest absolute Gasteiger partial charge is 0.273 e. The molecule has 0 aliphatic heterocycles. The molecule has 21 heavy (non-hydrogen) atoms. The van der Waals surface area contributed by atoms with Crippen molar-refractivity contribution in [2.24, 2.45) is 0 Å². The second kappa shape index (κ2) is 7.81. The van der Waals surface area contributed by atoms with E-state index in [9.17, 15) is 4.79 Å². The summed E-state index contributed by atoms with van der Waals surface area (Å²) in [6.07, 6.45) is 1.77. The molecule has 0 saturated heterocycles. The highest BCUT2D eigenvalue weighted by atomic mass is 35.5. The Kier molecular flexibility index (Phi) is 5.78.